The van der Waals surface area contributed by atoms with Crippen LogP contribution >= 0.6 is 11.6 Å². The summed E-state index contributed by atoms with van der Waals surface area (Å²) in [5.41, 5.74) is 6.02. The van der Waals surface area contributed by atoms with E-state index in [2.05, 4.69) is 0 Å². The van der Waals surface area contributed by atoms with Gasteiger partial charge < -0.3 is 5.73 Å². The van der Waals surface area contributed by atoms with Gasteiger partial charge in [0.2, 0.25) is 10.0 Å². The summed E-state index contributed by atoms with van der Waals surface area (Å²) in [6, 6.07) is 4.60. The molecule has 2 N–H and O–H groups in total. The third-order valence-corrected chi connectivity index (χ3v) is 5.90. The van der Waals surface area contributed by atoms with Crippen LogP contribution in [0.2, 0.25) is 5.02 Å². The maximum atomic E-state index is 12.6. The number of sulfonamides is 1. The largest absolute Gasteiger partial charge is 0.398 e. The zero-order valence-electron chi connectivity index (χ0n) is 11.0. The van der Waals surface area contributed by atoms with Gasteiger partial charge in [-0.2, -0.15) is 4.31 Å². The second kappa shape index (κ2) is 5.69. The van der Waals surface area contributed by atoms with Gasteiger partial charge in [-0.05, 0) is 37.5 Å². The molecule has 0 spiro atoms. The Kier molecular flexibility index (Phi) is 4.38. The van der Waals surface area contributed by atoms with Crippen LogP contribution in [0.5, 0.6) is 0 Å². The Bertz CT molecular complexity index is 560. The van der Waals surface area contributed by atoms with Crippen molar-refractivity contribution in [3.8, 4) is 0 Å². The molecule has 106 valence electrons. The number of hydrogen-bond acceptors (Lipinski definition) is 3. The number of nitrogens with two attached hydrogens (primary N) is 1. The number of hydrogen-bond donors (Lipinski definition) is 1. The number of anilines is 1. The number of benzene rings is 1. The molecular weight excluding hydrogens is 284 g/mol. The van der Waals surface area contributed by atoms with E-state index >= 15 is 0 Å². The molecule has 4 nitrogen and oxygen atoms in total. The van der Waals surface area contributed by atoms with Crippen LogP contribution in [-0.4, -0.2) is 25.3 Å². The first-order chi connectivity index (χ1) is 8.96. The lowest BCUT2D eigenvalue weighted by atomic mass is 10.0. The van der Waals surface area contributed by atoms with Crippen molar-refractivity contribution in [2.45, 2.75) is 43.5 Å². The SMILES string of the molecule is CCC1CCCCN1S(=O)(=O)c1ccc(N)c(Cl)c1. The van der Waals surface area contributed by atoms with E-state index in [1.807, 2.05) is 6.92 Å². The highest BCUT2D eigenvalue weighted by Gasteiger charge is 2.32. The highest BCUT2D eigenvalue weighted by atomic mass is 35.5. The maximum absolute atomic E-state index is 12.6. The molecule has 1 unspecified atom stereocenters. The number of halogens is 1. The second-order valence-corrected chi connectivity index (χ2v) is 7.15. The molecule has 1 aromatic rings. The van der Waals surface area contributed by atoms with Gasteiger partial charge in [0.1, 0.15) is 0 Å². The second-order valence-electron chi connectivity index (χ2n) is 4.86. The summed E-state index contributed by atoms with van der Waals surface area (Å²) in [6.45, 7) is 2.61. The van der Waals surface area contributed by atoms with Gasteiger partial charge in [0, 0.05) is 12.6 Å². The van der Waals surface area contributed by atoms with E-state index in [1.165, 1.54) is 12.1 Å². The summed E-state index contributed by atoms with van der Waals surface area (Å²) in [6.07, 6.45) is 3.77. The Morgan fingerprint density at radius 2 is 2.16 bits per heavy atom. The summed E-state index contributed by atoms with van der Waals surface area (Å²) >= 11 is 5.92. The lowest BCUT2D eigenvalue weighted by Crippen LogP contribution is -2.43. The third kappa shape index (κ3) is 2.88. The van der Waals surface area contributed by atoms with Crippen molar-refractivity contribution in [2.24, 2.45) is 0 Å². The summed E-state index contributed by atoms with van der Waals surface area (Å²) in [4.78, 5) is 0.229. The Balaban J connectivity index is 2.37. The smallest absolute Gasteiger partial charge is 0.243 e. The van der Waals surface area contributed by atoms with E-state index in [0.717, 1.165) is 25.7 Å². The van der Waals surface area contributed by atoms with Crippen LogP contribution in [0.15, 0.2) is 23.1 Å². The summed E-state index contributed by atoms with van der Waals surface area (Å²) < 4.78 is 26.9. The lowest BCUT2D eigenvalue weighted by molar-refractivity contribution is 0.246. The van der Waals surface area contributed by atoms with Crippen LogP contribution in [0.1, 0.15) is 32.6 Å². The fraction of sp³-hybridized carbons (Fsp3) is 0.538. The molecule has 2 rings (SSSR count). The number of rotatable bonds is 3. The zero-order valence-corrected chi connectivity index (χ0v) is 12.5. The molecular formula is C13H19ClN2O2S. The van der Waals surface area contributed by atoms with Crippen LogP contribution in [0, 0.1) is 0 Å². The Hall–Kier alpha value is -0.780. The molecule has 6 heteroatoms. The maximum Gasteiger partial charge on any atom is 0.243 e. The summed E-state index contributed by atoms with van der Waals surface area (Å²) in [5, 5.41) is 0.283. The molecule has 1 atom stereocenters. The molecule has 0 radical (unpaired) electrons. The third-order valence-electron chi connectivity index (χ3n) is 3.62. The van der Waals surface area contributed by atoms with Gasteiger partial charge >= 0.3 is 0 Å². The molecule has 0 bridgehead atoms. The van der Waals surface area contributed by atoms with Crippen LogP contribution < -0.4 is 5.73 Å². The molecule has 1 heterocycles. The van der Waals surface area contributed by atoms with Gasteiger partial charge in [-0.1, -0.05) is 24.9 Å². The van der Waals surface area contributed by atoms with Crippen molar-refractivity contribution in [3.63, 3.8) is 0 Å². The van der Waals surface area contributed by atoms with Crippen LogP contribution in [0.25, 0.3) is 0 Å². The highest BCUT2D eigenvalue weighted by molar-refractivity contribution is 7.89. The fourth-order valence-electron chi connectivity index (χ4n) is 2.50. The van der Waals surface area contributed by atoms with Crippen molar-refractivity contribution >= 4 is 27.3 Å². The van der Waals surface area contributed by atoms with E-state index in [4.69, 9.17) is 17.3 Å². The minimum absolute atomic E-state index is 0.0927. The monoisotopic (exact) mass is 302 g/mol. The molecule has 1 aliphatic rings. The predicted octanol–water partition coefficient (Wildman–Crippen LogP) is 2.88. The van der Waals surface area contributed by atoms with Crippen molar-refractivity contribution < 1.29 is 8.42 Å². The normalized spacial score (nSPS) is 21.5. The standard InChI is InChI=1S/C13H19ClN2O2S/c1-2-10-5-3-4-8-16(10)19(17,18)11-6-7-13(15)12(14)9-11/h6-7,9-10H,2-5,8,15H2,1H3. The average molecular weight is 303 g/mol. The van der Waals surface area contributed by atoms with E-state index in [1.54, 1.807) is 10.4 Å². The minimum atomic E-state index is -3.47. The first kappa shape index (κ1) is 14.6. The number of piperidine rings is 1. The minimum Gasteiger partial charge on any atom is -0.398 e. The lowest BCUT2D eigenvalue weighted by Gasteiger charge is -2.34. The molecule has 0 amide bonds. The van der Waals surface area contributed by atoms with E-state index in [-0.39, 0.29) is 16.0 Å². The van der Waals surface area contributed by atoms with Crippen LogP contribution in [-0.2, 0) is 10.0 Å². The zero-order chi connectivity index (χ0) is 14.0. The van der Waals surface area contributed by atoms with E-state index < -0.39 is 10.0 Å². The fourth-order valence-corrected chi connectivity index (χ4v) is 4.54. The van der Waals surface area contributed by atoms with Crippen LogP contribution in [0.4, 0.5) is 5.69 Å². The molecule has 1 fully saturated rings. The molecule has 1 aliphatic heterocycles. The molecule has 0 saturated carbocycles. The Morgan fingerprint density at radius 1 is 1.42 bits per heavy atom. The van der Waals surface area contributed by atoms with Gasteiger partial charge in [0.05, 0.1) is 15.6 Å². The molecule has 0 aliphatic carbocycles. The predicted molar refractivity (Wildman–Crippen MR) is 77.7 cm³/mol. The number of nitrogen functional groups attached to an aromatic ring is 1. The van der Waals surface area contributed by atoms with Crippen molar-refractivity contribution in [3.05, 3.63) is 23.2 Å². The summed E-state index contributed by atoms with van der Waals surface area (Å²) in [7, 11) is -3.47. The van der Waals surface area contributed by atoms with Gasteiger partial charge in [-0.25, -0.2) is 8.42 Å². The Labute approximate surface area is 119 Å². The van der Waals surface area contributed by atoms with Crippen LogP contribution in [0.3, 0.4) is 0 Å². The topological polar surface area (TPSA) is 63.4 Å². The molecule has 1 saturated heterocycles. The van der Waals surface area contributed by atoms with Crippen molar-refractivity contribution in [1.29, 1.82) is 0 Å². The van der Waals surface area contributed by atoms with Crippen molar-refractivity contribution in [2.75, 3.05) is 12.3 Å². The summed E-state index contributed by atoms with van der Waals surface area (Å²) in [5.74, 6) is 0. The Morgan fingerprint density at radius 3 is 2.79 bits per heavy atom. The van der Waals surface area contributed by atoms with Gasteiger partial charge in [0.25, 0.3) is 0 Å². The van der Waals surface area contributed by atoms with Crippen molar-refractivity contribution in [1.82, 2.24) is 4.31 Å². The molecule has 1 aromatic carbocycles. The molecule has 0 aromatic heterocycles. The molecule has 19 heavy (non-hydrogen) atoms. The first-order valence-corrected chi connectivity index (χ1v) is 8.35. The van der Waals surface area contributed by atoms with E-state index in [9.17, 15) is 8.42 Å². The highest BCUT2D eigenvalue weighted by Crippen LogP contribution is 2.29. The number of nitrogens with zero attached hydrogens (tertiary/aromatic N) is 1. The van der Waals surface area contributed by atoms with Gasteiger partial charge in [0.15, 0.2) is 0 Å². The van der Waals surface area contributed by atoms with Gasteiger partial charge in [-0.15, -0.1) is 0 Å². The van der Waals surface area contributed by atoms with Gasteiger partial charge in [-0.3, -0.25) is 0 Å². The average Bonchev–Trinajstić information content (AvgIpc) is 2.41. The van der Waals surface area contributed by atoms with E-state index in [0.29, 0.717) is 12.2 Å². The first-order valence-electron chi connectivity index (χ1n) is 6.53. The quantitative estimate of drug-likeness (QED) is 0.873.